The summed E-state index contributed by atoms with van der Waals surface area (Å²) in [5.41, 5.74) is 0.903. The summed E-state index contributed by atoms with van der Waals surface area (Å²) in [5.74, 6) is 0.833. The third-order valence-electron chi connectivity index (χ3n) is 3.20. The summed E-state index contributed by atoms with van der Waals surface area (Å²) in [4.78, 5) is 2.09. The predicted molar refractivity (Wildman–Crippen MR) is 76.5 cm³/mol. The number of rotatable bonds is 8. The molecule has 0 radical (unpaired) electrons. The molecule has 19 heavy (non-hydrogen) atoms. The minimum atomic E-state index is -0.500. The molecular weight excluding hydrogens is 242 g/mol. The number of likely N-dealkylation sites (N-methyl/N-ethyl adjacent to an activating group) is 1. The van der Waals surface area contributed by atoms with Crippen molar-refractivity contribution < 1.29 is 14.6 Å². The quantitative estimate of drug-likeness (QED) is 0.783. The first-order valence-corrected chi connectivity index (χ1v) is 6.68. The van der Waals surface area contributed by atoms with Crippen LogP contribution in [0.25, 0.3) is 0 Å². The van der Waals surface area contributed by atoms with Crippen LogP contribution >= 0.6 is 0 Å². The van der Waals surface area contributed by atoms with Gasteiger partial charge in [0.15, 0.2) is 0 Å². The van der Waals surface area contributed by atoms with E-state index in [0.29, 0.717) is 19.8 Å². The van der Waals surface area contributed by atoms with Crippen molar-refractivity contribution in [1.82, 2.24) is 4.90 Å². The van der Waals surface area contributed by atoms with Crippen molar-refractivity contribution in [3.63, 3.8) is 0 Å². The number of aliphatic hydroxyl groups is 1. The predicted octanol–water partition coefficient (Wildman–Crippen LogP) is 2.09. The Morgan fingerprint density at radius 3 is 2.42 bits per heavy atom. The molecule has 4 heteroatoms. The van der Waals surface area contributed by atoms with Gasteiger partial charge in [-0.1, -0.05) is 12.1 Å². The van der Waals surface area contributed by atoms with Crippen LogP contribution in [0.4, 0.5) is 0 Å². The van der Waals surface area contributed by atoms with Gasteiger partial charge in [0, 0.05) is 19.7 Å². The average molecular weight is 267 g/mol. The average Bonchev–Trinajstić information content (AvgIpc) is 2.40. The SMILES string of the molecule is CCOc1ccc(C(O)CN(C)C(C)COC)cc1. The summed E-state index contributed by atoms with van der Waals surface area (Å²) >= 11 is 0. The lowest BCUT2D eigenvalue weighted by molar-refractivity contribution is 0.0709. The zero-order valence-electron chi connectivity index (χ0n) is 12.3. The zero-order valence-corrected chi connectivity index (χ0v) is 12.3. The van der Waals surface area contributed by atoms with Crippen molar-refractivity contribution in [3.8, 4) is 5.75 Å². The van der Waals surface area contributed by atoms with Crippen LogP contribution in [-0.2, 0) is 4.74 Å². The van der Waals surface area contributed by atoms with E-state index < -0.39 is 6.10 Å². The van der Waals surface area contributed by atoms with Gasteiger partial charge < -0.3 is 14.6 Å². The second kappa shape index (κ2) is 8.15. The summed E-state index contributed by atoms with van der Waals surface area (Å²) in [5, 5.41) is 10.2. The van der Waals surface area contributed by atoms with Gasteiger partial charge in [0.25, 0.3) is 0 Å². The van der Waals surface area contributed by atoms with Gasteiger partial charge in [0.05, 0.1) is 19.3 Å². The van der Waals surface area contributed by atoms with Gasteiger partial charge in [-0.15, -0.1) is 0 Å². The third kappa shape index (κ3) is 5.19. The first-order valence-electron chi connectivity index (χ1n) is 6.68. The van der Waals surface area contributed by atoms with Gasteiger partial charge >= 0.3 is 0 Å². The van der Waals surface area contributed by atoms with E-state index in [2.05, 4.69) is 11.8 Å². The molecule has 2 unspecified atom stereocenters. The van der Waals surface area contributed by atoms with E-state index in [9.17, 15) is 5.11 Å². The molecule has 0 aliphatic carbocycles. The van der Waals surface area contributed by atoms with Crippen LogP contribution in [0.15, 0.2) is 24.3 Å². The van der Waals surface area contributed by atoms with Gasteiger partial charge in [-0.05, 0) is 38.6 Å². The van der Waals surface area contributed by atoms with Crippen LogP contribution in [0.5, 0.6) is 5.75 Å². The van der Waals surface area contributed by atoms with E-state index in [4.69, 9.17) is 9.47 Å². The number of aliphatic hydroxyl groups excluding tert-OH is 1. The van der Waals surface area contributed by atoms with Crippen molar-refractivity contribution in [3.05, 3.63) is 29.8 Å². The van der Waals surface area contributed by atoms with Crippen LogP contribution in [0, 0.1) is 0 Å². The van der Waals surface area contributed by atoms with Crippen LogP contribution in [0.2, 0.25) is 0 Å². The number of methoxy groups -OCH3 is 1. The fourth-order valence-corrected chi connectivity index (χ4v) is 1.88. The minimum Gasteiger partial charge on any atom is -0.494 e. The van der Waals surface area contributed by atoms with Crippen molar-refractivity contribution in [1.29, 1.82) is 0 Å². The molecular formula is C15H25NO3. The molecule has 0 spiro atoms. The van der Waals surface area contributed by atoms with Crippen LogP contribution < -0.4 is 4.74 Å². The maximum atomic E-state index is 10.2. The molecule has 0 bridgehead atoms. The van der Waals surface area contributed by atoms with Crippen molar-refractivity contribution in [2.24, 2.45) is 0 Å². The Labute approximate surface area is 115 Å². The largest absolute Gasteiger partial charge is 0.494 e. The van der Waals surface area contributed by atoms with Gasteiger partial charge in [-0.3, -0.25) is 4.90 Å². The zero-order chi connectivity index (χ0) is 14.3. The van der Waals surface area contributed by atoms with Crippen molar-refractivity contribution >= 4 is 0 Å². The molecule has 0 heterocycles. The van der Waals surface area contributed by atoms with Crippen LogP contribution in [-0.4, -0.2) is 50.0 Å². The highest BCUT2D eigenvalue weighted by Crippen LogP contribution is 2.19. The van der Waals surface area contributed by atoms with Crippen molar-refractivity contribution in [2.45, 2.75) is 26.0 Å². The van der Waals surface area contributed by atoms with Crippen molar-refractivity contribution in [2.75, 3.05) is 33.9 Å². The Hall–Kier alpha value is -1.10. The number of nitrogens with zero attached hydrogens (tertiary/aromatic N) is 1. The van der Waals surface area contributed by atoms with Crippen LogP contribution in [0.1, 0.15) is 25.5 Å². The smallest absolute Gasteiger partial charge is 0.119 e. The molecule has 0 amide bonds. The molecule has 0 aliphatic heterocycles. The third-order valence-corrected chi connectivity index (χ3v) is 3.20. The molecule has 1 N–H and O–H groups in total. The Morgan fingerprint density at radius 2 is 1.89 bits per heavy atom. The lowest BCUT2D eigenvalue weighted by Gasteiger charge is -2.26. The van der Waals surface area contributed by atoms with E-state index in [1.54, 1.807) is 7.11 Å². The molecule has 0 saturated heterocycles. The van der Waals surface area contributed by atoms with Crippen LogP contribution in [0.3, 0.4) is 0 Å². The summed E-state index contributed by atoms with van der Waals surface area (Å²) in [6.07, 6.45) is -0.500. The molecule has 2 atom stereocenters. The van der Waals surface area contributed by atoms with E-state index in [-0.39, 0.29) is 6.04 Å². The molecule has 1 aromatic carbocycles. The monoisotopic (exact) mass is 267 g/mol. The fourth-order valence-electron chi connectivity index (χ4n) is 1.88. The van der Waals surface area contributed by atoms with Gasteiger partial charge in [0.2, 0.25) is 0 Å². The molecule has 0 aliphatic rings. The van der Waals surface area contributed by atoms with E-state index >= 15 is 0 Å². The van der Waals surface area contributed by atoms with Gasteiger partial charge in [-0.25, -0.2) is 0 Å². The maximum absolute atomic E-state index is 10.2. The molecule has 0 saturated carbocycles. The molecule has 0 aromatic heterocycles. The number of ether oxygens (including phenoxy) is 2. The maximum Gasteiger partial charge on any atom is 0.119 e. The lowest BCUT2D eigenvalue weighted by Crippen LogP contribution is -2.35. The summed E-state index contributed by atoms with van der Waals surface area (Å²) in [6, 6.07) is 7.87. The molecule has 4 nitrogen and oxygen atoms in total. The number of hydrogen-bond acceptors (Lipinski definition) is 4. The highest BCUT2D eigenvalue weighted by Gasteiger charge is 2.15. The topological polar surface area (TPSA) is 41.9 Å². The van der Waals surface area contributed by atoms with E-state index in [0.717, 1.165) is 11.3 Å². The minimum absolute atomic E-state index is 0.280. The summed E-state index contributed by atoms with van der Waals surface area (Å²) in [6.45, 7) is 5.92. The molecule has 1 aromatic rings. The Kier molecular flexibility index (Phi) is 6.84. The Bertz CT molecular complexity index is 353. The first kappa shape index (κ1) is 16.0. The normalized spacial score (nSPS) is 14.4. The fraction of sp³-hybridized carbons (Fsp3) is 0.600. The number of hydrogen-bond donors (Lipinski definition) is 1. The molecule has 0 fully saturated rings. The Balaban J connectivity index is 2.54. The first-order chi connectivity index (χ1) is 9.08. The molecule has 108 valence electrons. The lowest BCUT2D eigenvalue weighted by atomic mass is 10.1. The Morgan fingerprint density at radius 1 is 1.26 bits per heavy atom. The summed E-state index contributed by atoms with van der Waals surface area (Å²) in [7, 11) is 3.68. The van der Waals surface area contributed by atoms with Gasteiger partial charge in [0.1, 0.15) is 5.75 Å². The highest BCUT2D eigenvalue weighted by molar-refractivity contribution is 5.28. The van der Waals surface area contributed by atoms with E-state index in [1.807, 2.05) is 38.2 Å². The highest BCUT2D eigenvalue weighted by atomic mass is 16.5. The summed E-state index contributed by atoms with van der Waals surface area (Å²) < 4.78 is 10.5. The van der Waals surface area contributed by atoms with E-state index in [1.165, 1.54) is 0 Å². The van der Waals surface area contributed by atoms with Gasteiger partial charge in [-0.2, -0.15) is 0 Å². The standard InChI is InChI=1S/C15H25NO3/c1-5-19-14-8-6-13(7-9-14)15(17)10-16(3)12(2)11-18-4/h6-9,12,15,17H,5,10-11H2,1-4H3. The second-order valence-corrected chi connectivity index (χ2v) is 4.76. The molecule has 1 rings (SSSR count). The number of benzene rings is 1. The second-order valence-electron chi connectivity index (χ2n) is 4.76.